The molecule has 0 saturated carbocycles. The maximum atomic E-state index is 8.78. The average molecular weight is 221 g/mol. The predicted octanol–water partition coefficient (Wildman–Crippen LogP) is 3.08. The SMILES string of the molecule is CCC1(CC)C=CSS1.NC(=O)O. The van der Waals surface area contributed by atoms with E-state index in [0.29, 0.717) is 4.75 Å². The van der Waals surface area contributed by atoms with Crippen LogP contribution in [0.2, 0.25) is 0 Å². The molecule has 0 aromatic heterocycles. The van der Waals surface area contributed by atoms with Crippen LogP contribution in [0.25, 0.3) is 0 Å². The molecule has 0 aliphatic carbocycles. The van der Waals surface area contributed by atoms with Gasteiger partial charge in [-0.05, 0) is 18.2 Å². The average Bonchev–Trinajstić information content (AvgIpc) is 2.52. The molecule has 5 heteroatoms. The molecule has 0 radical (unpaired) electrons. The van der Waals surface area contributed by atoms with Crippen LogP contribution < -0.4 is 5.73 Å². The number of carboxylic acid groups (broad SMARTS) is 1. The zero-order valence-electron chi connectivity index (χ0n) is 7.82. The van der Waals surface area contributed by atoms with Gasteiger partial charge in [0.15, 0.2) is 0 Å². The van der Waals surface area contributed by atoms with Crippen molar-refractivity contribution >= 4 is 27.7 Å². The minimum atomic E-state index is -1.33. The third-order valence-corrected chi connectivity index (χ3v) is 4.84. The minimum absolute atomic E-state index is 0.477. The Hall–Kier alpha value is -0.290. The summed E-state index contributed by atoms with van der Waals surface area (Å²) in [5, 5.41) is 9.40. The van der Waals surface area contributed by atoms with Gasteiger partial charge >= 0.3 is 6.09 Å². The van der Waals surface area contributed by atoms with E-state index in [1.54, 1.807) is 0 Å². The molecule has 0 spiro atoms. The molecule has 0 bridgehead atoms. The molecule has 0 aromatic rings. The first-order valence-corrected chi connectivity index (χ1v) is 6.28. The molecular weight excluding hydrogens is 206 g/mol. The van der Waals surface area contributed by atoms with Crippen molar-refractivity contribution in [2.45, 2.75) is 31.4 Å². The lowest BCUT2D eigenvalue weighted by Crippen LogP contribution is -2.14. The Kier molecular flexibility index (Phi) is 6.07. The highest BCUT2D eigenvalue weighted by atomic mass is 33.1. The summed E-state index contributed by atoms with van der Waals surface area (Å²) in [7, 11) is 3.86. The van der Waals surface area contributed by atoms with Crippen LogP contribution in [0.4, 0.5) is 4.79 Å². The Bertz CT molecular complexity index is 187. The van der Waals surface area contributed by atoms with E-state index < -0.39 is 6.09 Å². The lowest BCUT2D eigenvalue weighted by atomic mass is 10.0. The highest BCUT2D eigenvalue weighted by Gasteiger charge is 2.26. The van der Waals surface area contributed by atoms with E-state index in [1.165, 1.54) is 12.8 Å². The van der Waals surface area contributed by atoms with E-state index in [0.717, 1.165) is 0 Å². The third-order valence-electron chi connectivity index (χ3n) is 1.84. The zero-order chi connectivity index (χ0) is 10.3. The second kappa shape index (κ2) is 6.21. The predicted molar refractivity (Wildman–Crippen MR) is 59.8 cm³/mol. The van der Waals surface area contributed by atoms with Gasteiger partial charge in [0.05, 0.1) is 0 Å². The van der Waals surface area contributed by atoms with Crippen LogP contribution in [0.15, 0.2) is 11.5 Å². The maximum Gasteiger partial charge on any atom is 0.402 e. The van der Waals surface area contributed by atoms with Gasteiger partial charge in [-0.25, -0.2) is 4.79 Å². The summed E-state index contributed by atoms with van der Waals surface area (Å²) in [5.41, 5.74) is 4.03. The van der Waals surface area contributed by atoms with Crippen molar-refractivity contribution in [1.29, 1.82) is 0 Å². The van der Waals surface area contributed by atoms with Crippen LogP contribution in [0.3, 0.4) is 0 Å². The van der Waals surface area contributed by atoms with E-state index in [4.69, 9.17) is 9.90 Å². The molecular formula is C8H15NO2S2. The zero-order valence-corrected chi connectivity index (χ0v) is 9.45. The van der Waals surface area contributed by atoms with Crippen LogP contribution >= 0.6 is 21.6 Å². The summed E-state index contributed by atoms with van der Waals surface area (Å²) < 4.78 is 0.477. The normalized spacial score (nSPS) is 17.7. The highest BCUT2D eigenvalue weighted by molar-refractivity contribution is 8.78. The fourth-order valence-corrected chi connectivity index (χ4v) is 3.70. The lowest BCUT2D eigenvalue weighted by Gasteiger charge is -2.20. The van der Waals surface area contributed by atoms with E-state index in [1.807, 2.05) is 21.6 Å². The number of primary amides is 1. The monoisotopic (exact) mass is 221 g/mol. The fraction of sp³-hybridized carbons (Fsp3) is 0.625. The van der Waals surface area contributed by atoms with Crippen molar-refractivity contribution in [2.24, 2.45) is 5.73 Å². The van der Waals surface area contributed by atoms with E-state index >= 15 is 0 Å². The molecule has 1 heterocycles. The van der Waals surface area contributed by atoms with Gasteiger partial charge in [-0.2, -0.15) is 0 Å². The van der Waals surface area contributed by atoms with E-state index in [2.05, 4.69) is 31.1 Å². The van der Waals surface area contributed by atoms with Crippen molar-refractivity contribution in [2.75, 3.05) is 0 Å². The Morgan fingerprint density at radius 2 is 2.00 bits per heavy atom. The minimum Gasteiger partial charge on any atom is -0.465 e. The first kappa shape index (κ1) is 12.7. The quantitative estimate of drug-likeness (QED) is 0.703. The standard InChI is InChI=1S/C7H12S2.CH3NO2/c1-3-7(4-2)5-6-8-9-7;2-1(3)4/h5-6H,3-4H2,1-2H3;2H2,(H,3,4). The van der Waals surface area contributed by atoms with Gasteiger partial charge in [0.25, 0.3) is 0 Å². The first-order valence-electron chi connectivity index (χ1n) is 4.07. The topological polar surface area (TPSA) is 63.3 Å². The molecule has 1 rings (SSSR count). The molecule has 3 N–H and O–H groups in total. The molecule has 1 amide bonds. The summed E-state index contributed by atoms with van der Waals surface area (Å²) in [6.45, 7) is 4.51. The van der Waals surface area contributed by atoms with E-state index in [9.17, 15) is 0 Å². The molecule has 13 heavy (non-hydrogen) atoms. The van der Waals surface area contributed by atoms with Crippen molar-refractivity contribution in [3.63, 3.8) is 0 Å². The maximum absolute atomic E-state index is 8.78. The number of amides is 1. The molecule has 1 aliphatic heterocycles. The smallest absolute Gasteiger partial charge is 0.402 e. The van der Waals surface area contributed by atoms with Crippen LogP contribution in [-0.2, 0) is 0 Å². The lowest BCUT2D eigenvalue weighted by molar-refractivity contribution is 0.205. The largest absolute Gasteiger partial charge is 0.465 e. The Morgan fingerprint density at radius 1 is 1.54 bits per heavy atom. The van der Waals surface area contributed by atoms with Gasteiger partial charge in [-0.3, -0.25) is 0 Å². The first-order chi connectivity index (χ1) is 6.06. The number of carbonyl (C=O) groups is 1. The van der Waals surface area contributed by atoms with Crippen molar-refractivity contribution < 1.29 is 9.90 Å². The van der Waals surface area contributed by atoms with Crippen LogP contribution in [-0.4, -0.2) is 15.9 Å². The molecule has 0 saturated heterocycles. The fourth-order valence-electron chi connectivity index (χ4n) is 0.907. The molecule has 3 nitrogen and oxygen atoms in total. The second-order valence-corrected chi connectivity index (χ2v) is 5.11. The number of hydrogen-bond donors (Lipinski definition) is 2. The summed E-state index contributed by atoms with van der Waals surface area (Å²) in [5.74, 6) is 0. The molecule has 0 unspecified atom stereocenters. The number of nitrogens with two attached hydrogens (primary N) is 1. The summed E-state index contributed by atoms with van der Waals surface area (Å²) in [6, 6.07) is 0. The molecule has 0 aromatic carbocycles. The highest BCUT2D eigenvalue weighted by Crippen LogP contribution is 2.48. The Labute approximate surface area is 86.5 Å². The van der Waals surface area contributed by atoms with Gasteiger partial charge < -0.3 is 10.8 Å². The molecule has 0 fully saturated rings. The van der Waals surface area contributed by atoms with Crippen molar-refractivity contribution in [1.82, 2.24) is 0 Å². The van der Waals surface area contributed by atoms with Gasteiger partial charge in [-0.15, -0.1) is 0 Å². The Morgan fingerprint density at radius 3 is 2.15 bits per heavy atom. The van der Waals surface area contributed by atoms with Crippen molar-refractivity contribution in [3.05, 3.63) is 11.5 Å². The second-order valence-electron chi connectivity index (χ2n) is 2.59. The number of rotatable bonds is 2. The summed E-state index contributed by atoms with van der Waals surface area (Å²) >= 11 is 0. The molecule has 0 atom stereocenters. The Balaban J connectivity index is 0.000000310. The summed E-state index contributed by atoms with van der Waals surface area (Å²) in [4.78, 5) is 8.78. The summed E-state index contributed by atoms with van der Waals surface area (Å²) in [6.07, 6.45) is 3.53. The van der Waals surface area contributed by atoms with Crippen LogP contribution in [0.1, 0.15) is 26.7 Å². The third kappa shape index (κ3) is 5.10. The van der Waals surface area contributed by atoms with Crippen LogP contribution in [0, 0.1) is 0 Å². The van der Waals surface area contributed by atoms with Crippen molar-refractivity contribution in [3.8, 4) is 0 Å². The van der Waals surface area contributed by atoms with Gasteiger partial charge in [0.2, 0.25) is 0 Å². The molecule has 1 aliphatic rings. The van der Waals surface area contributed by atoms with Crippen LogP contribution in [0.5, 0.6) is 0 Å². The molecule has 76 valence electrons. The van der Waals surface area contributed by atoms with Gasteiger partial charge in [-0.1, -0.05) is 41.5 Å². The van der Waals surface area contributed by atoms with Gasteiger partial charge in [0.1, 0.15) is 0 Å². The van der Waals surface area contributed by atoms with E-state index in [-0.39, 0.29) is 0 Å². The van der Waals surface area contributed by atoms with Gasteiger partial charge in [0, 0.05) is 4.75 Å². The number of hydrogen-bond acceptors (Lipinski definition) is 3.